The summed E-state index contributed by atoms with van der Waals surface area (Å²) in [7, 11) is 2.03. The van der Waals surface area contributed by atoms with Crippen LogP contribution in [0.5, 0.6) is 0 Å². The zero-order valence-corrected chi connectivity index (χ0v) is 12.3. The fraction of sp³-hybridized carbons (Fsp3) is 0.333. The Morgan fingerprint density at radius 3 is 2.47 bits per heavy atom. The quantitative estimate of drug-likeness (QED) is 0.862. The van der Waals surface area contributed by atoms with Crippen LogP contribution in [0.15, 0.2) is 42.5 Å². The van der Waals surface area contributed by atoms with Crippen molar-refractivity contribution in [3.8, 4) is 0 Å². The largest absolute Gasteiger partial charge is 0.309 e. The number of aryl methyl sites for hydroxylation is 2. The number of hydrogen-bond donors (Lipinski definition) is 1. The molecule has 0 saturated carbocycles. The molecule has 0 aliphatic carbocycles. The summed E-state index contributed by atoms with van der Waals surface area (Å²) in [6.45, 7) is 6.58. The lowest BCUT2D eigenvalue weighted by atomic mass is 9.92. The second kappa shape index (κ2) is 6.03. The number of rotatable bonds is 4. The highest BCUT2D eigenvalue weighted by atomic mass is 14.9. The van der Waals surface area contributed by atoms with E-state index in [0.717, 1.165) is 6.42 Å². The molecule has 2 aromatic rings. The first kappa shape index (κ1) is 13.8. The van der Waals surface area contributed by atoms with E-state index in [9.17, 15) is 0 Å². The molecule has 1 N–H and O–H groups in total. The van der Waals surface area contributed by atoms with Crippen molar-refractivity contribution >= 4 is 0 Å². The van der Waals surface area contributed by atoms with Crippen LogP contribution in [0.25, 0.3) is 0 Å². The zero-order valence-electron chi connectivity index (χ0n) is 12.3. The maximum atomic E-state index is 3.45. The summed E-state index contributed by atoms with van der Waals surface area (Å²) in [5, 5.41) is 3.45. The number of nitrogens with one attached hydrogen (secondary N) is 1. The molecule has 0 fully saturated rings. The normalized spacial score (nSPS) is 12.4. The molecule has 2 aromatic carbocycles. The van der Waals surface area contributed by atoms with Crippen LogP contribution < -0.4 is 5.32 Å². The van der Waals surface area contributed by atoms with E-state index < -0.39 is 0 Å². The second-order valence-electron chi connectivity index (χ2n) is 5.11. The minimum Gasteiger partial charge on any atom is -0.309 e. The fourth-order valence-electron chi connectivity index (χ4n) is 2.58. The molecule has 2 rings (SSSR count). The van der Waals surface area contributed by atoms with E-state index in [-0.39, 0.29) is 6.04 Å². The molecule has 100 valence electrons. The summed E-state index contributed by atoms with van der Waals surface area (Å²) in [5.41, 5.74) is 6.84. The summed E-state index contributed by atoms with van der Waals surface area (Å²) in [4.78, 5) is 0. The van der Waals surface area contributed by atoms with Crippen molar-refractivity contribution in [2.75, 3.05) is 7.05 Å². The topological polar surface area (TPSA) is 12.0 Å². The van der Waals surface area contributed by atoms with E-state index in [1.54, 1.807) is 0 Å². The van der Waals surface area contributed by atoms with Crippen LogP contribution in [0.3, 0.4) is 0 Å². The third kappa shape index (κ3) is 2.87. The van der Waals surface area contributed by atoms with Crippen LogP contribution in [-0.4, -0.2) is 7.05 Å². The summed E-state index contributed by atoms with van der Waals surface area (Å²) < 4.78 is 0. The first-order chi connectivity index (χ1) is 9.17. The summed E-state index contributed by atoms with van der Waals surface area (Å²) in [6, 6.07) is 15.7. The monoisotopic (exact) mass is 253 g/mol. The van der Waals surface area contributed by atoms with Crippen LogP contribution in [-0.2, 0) is 6.42 Å². The third-order valence-corrected chi connectivity index (χ3v) is 3.94. The Balaban J connectivity index is 2.46. The SMILES string of the molecule is CCc1cccc(C(NC)c2cccc(C)c2C)c1. The Bertz CT molecular complexity index is 557. The molecule has 0 spiro atoms. The highest BCUT2D eigenvalue weighted by Crippen LogP contribution is 2.26. The van der Waals surface area contributed by atoms with Gasteiger partial charge in [-0.15, -0.1) is 0 Å². The Morgan fingerprint density at radius 2 is 1.79 bits per heavy atom. The summed E-state index contributed by atoms with van der Waals surface area (Å²) in [5.74, 6) is 0. The standard InChI is InChI=1S/C18H23N/c1-5-15-9-7-10-16(12-15)18(19-4)17-11-6-8-13(2)14(17)3/h6-12,18-19H,5H2,1-4H3. The van der Waals surface area contributed by atoms with Crippen LogP contribution in [0.4, 0.5) is 0 Å². The van der Waals surface area contributed by atoms with Crippen LogP contribution in [0.2, 0.25) is 0 Å². The van der Waals surface area contributed by atoms with Gasteiger partial charge in [-0.3, -0.25) is 0 Å². The van der Waals surface area contributed by atoms with Gasteiger partial charge in [0.15, 0.2) is 0 Å². The van der Waals surface area contributed by atoms with Crippen molar-refractivity contribution in [1.82, 2.24) is 5.32 Å². The molecule has 1 unspecified atom stereocenters. The maximum absolute atomic E-state index is 3.45. The Labute approximate surface area is 116 Å². The molecule has 19 heavy (non-hydrogen) atoms. The molecule has 0 amide bonds. The van der Waals surface area contributed by atoms with E-state index >= 15 is 0 Å². The first-order valence-electron chi connectivity index (χ1n) is 6.99. The highest BCUT2D eigenvalue weighted by molar-refractivity contribution is 5.41. The van der Waals surface area contributed by atoms with Crippen molar-refractivity contribution in [2.45, 2.75) is 33.2 Å². The molecule has 1 heteroatoms. The van der Waals surface area contributed by atoms with Crippen molar-refractivity contribution in [3.63, 3.8) is 0 Å². The molecular formula is C18H23N. The molecule has 0 aliphatic heterocycles. The van der Waals surface area contributed by atoms with E-state index in [4.69, 9.17) is 0 Å². The van der Waals surface area contributed by atoms with E-state index in [2.05, 4.69) is 68.6 Å². The van der Waals surface area contributed by atoms with Crippen LogP contribution >= 0.6 is 0 Å². The first-order valence-corrected chi connectivity index (χ1v) is 6.99. The Morgan fingerprint density at radius 1 is 1.05 bits per heavy atom. The minimum atomic E-state index is 0.270. The van der Waals surface area contributed by atoms with Gasteiger partial charge in [-0.25, -0.2) is 0 Å². The molecule has 0 saturated heterocycles. The zero-order chi connectivity index (χ0) is 13.8. The van der Waals surface area contributed by atoms with E-state index in [1.165, 1.54) is 27.8 Å². The molecule has 0 heterocycles. The van der Waals surface area contributed by atoms with Crippen molar-refractivity contribution < 1.29 is 0 Å². The van der Waals surface area contributed by atoms with E-state index in [1.807, 2.05) is 7.05 Å². The van der Waals surface area contributed by atoms with Crippen molar-refractivity contribution in [1.29, 1.82) is 0 Å². The predicted octanol–water partition coefficient (Wildman–Crippen LogP) is 4.17. The molecule has 0 radical (unpaired) electrons. The highest BCUT2D eigenvalue weighted by Gasteiger charge is 2.14. The molecule has 1 nitrogen and oxygen atoms in total. The average Bonchev–Trinajstić information content (AvgIpc) is 2.44. The van der Waals surface area contributed by atoms with Gasteiger partial charge < -0.3 is 5.32 Å². The maximum Gasteiger partial charge on any atom is 0.0577 e. The lowest BCUT2D eigenvalue weighted by molar-refractivity contribution is 0.685. The van der Waals surface area contributed by atoms with Gasteiger partial charge in [-0.05, 0) is 55.1 Å². The summed E-state index contributed by atoms with van der Waals surface area (Å²) in [6.07, 6.45) is 1.08. The average molecular weight is 253 g/mol. The van der Waals surface area contributed by atoms with Gasteiger partial charge in [0, 0.05) is 0 Å². The molecule has 0 bridgehead atoms. The predicted molar refractivity (Wildman–Crippen MR) is 82.6 cm³/mol. The van der Waals surface area contributed by atoms with Gasteiger partial charge in [-0.1, -0.05) is 49.4 Å². The lowest BCUT2D eigenvalue weighted by Gasteiger charge is -2.21. The molecule has 0 aliphatic rings. The van der Waals surface area contributed by atoms with Gasteiger partial charge in [0.2, 0.25) is 0 Å². The lowest BCUT2D eigenvalue weighted by Crippen LogP contribution is -2.19. The number of hydrogen-bond acceptors (Lipinski definition) is 1. The Kier molecular flexibility index (Phi) is 4.39. The number of benzene rings is 2. The van der Waals surface area contributed by atoms with Gasteiger partial charge >= 0.3 is 0 Å². The van der Waals surface area contributed by atoms with E-state index in [0.29, 0.717) is 0 Å². The summed E-state index contributed by atoms with van der Waals surface area (Å²) >= 11 is 0. The molecular weight excluding hydrogens is 230 g/mol. The fourth-order valence-corrected chi connectivity index (χ4v) is 2.58. The smallest absolute Gasteiger partial charge is 0.0577 e. The third-order valence-electron chi connectivity index (χ3n) is 3.94. The molecule has 1 atom stereocenters. The molecule has 0 aromatic heterocycles. The van der Waals surface area contributed by atoms with Crippen LogP contribution in [0.1, 0.15) is 40.8 Å². The van der Waals surface area contributed by atoms with Crippen molar-refractivity contribution in [3.05, 3.63) is 70.3 Å². The van der Waals surface area contributed by atoms with Gasteiger partial charge in [-0.2, -0.15) is 0 Å². The minimum absolute atomic E-state index is 0.270. The van der Waals surface area contributed by atoms with Gasteiger partial charge in [0.05, 0.1) is 6.04 Å². The van der Waals surface area contributed by atoms with Crippen molar-refractivity contribution in [2.24, 2.45) is 0 Å². The van der Waals surface area contributed by atoms with Gasteiger partial charge in [0.1, 0.15) is 0 Å². The second-order valence-corrected chi connectivity index (χ2v) is 5.11. The van der Waals surface area contributed by atoms with Gasteiger partial charge in [0.25, 0.3) is 0 Å². The Hall–Kier alpha value is -1.60. The van der Waals surface area contributed by atoms with Crippen LogP contribution in [0, 0.1) is 13.8 Å².